The second-order valence-electron chi connectivity index (χ2n) is 3.95. The Bertz CT molecular complexity index is 794. The van der Waals surface area contributed by atoms with Gasteiger partial charge in [-0.2, -0.15) is 0 Å². The van der Waals surface area contributed by atoms with Crippen molar-refractivity contribution in [2.24, 2.45) is 0 Å². The first-order valence-electron chi connectivity index (χ1n) is 5.36. The van der Waals surface area contributed by atoms with Crippen molar-refractivity contribution in [2.75, 3.05) is 0 Å². The molecule has 21 heavy (non-hydrogen) atoms. The van der Waals surface area contributed by atoms with Gasteiger partial charge in [-0.1, -0.05) is 0 Å². The fraction of sp³-hybridized carbons (Fsp3) is 0. The van der Waals surface area contributed by atoms with Crippen LogP contribution < -0.4 is 0 Å². The van der Waals surface area contributed by atoms with Gasteiger partial charge in [0.1, 0.15) is 11.6 Å². The van der Waals surface area contributed by atoms with Gasteiger partial charge in [0.05, 0.1) is 14.7 Å². The van der Waals surface area contributed by atoms with Gasteiger partial charge in [0.2, 0.25) is 9.84 Å². The summed E-state index contributed by atoms with van der Waals surface area (Å²) < 4.78 is 72.6. The molecule has 0 aliphatic heterocycles. The zero-order valence-corrected chi connectivity index (χ0v) is 12.6. The van der Waals surface area contributed by atoms with Gasteiger partial charge in [-0.3, -0.25) is 4.21 Å². The lowest BCUT2D eigenvalue weighted by molar-refractivity contribution is 0.531. The van der Waals surface area contributed by atoms with E-state index in [9.17, 15) is 26.0 Å². The predicted octanol–water partition coefficient (Wildman–Crippen LogP) is 2.32. The van der Waals surface area contributed by atoms with Crippen molar-refractivity contribution in [2.45, 2.75) is 19.6 Å². The average Bonchev–Trinajstić information content (AvgIpc) is 2.44. The normalized spacial score (nSPS) is 13.1. The molecule has 0 spiro atoms. The fourth-order valence-corrected chi connectivity index (χ4v) is 3.33. The van der Waals surface area contributed by atoms with E-state index in [1.165, 1.54) is 0 Å². The Labute approximate surface area is 127 Å². The maximum atomic E-state index is 13.4. The second kappa shape index (κ2) is 5.84. The number of benzene rings is 2. The largest absolute Gasteiger partial charge is 0.768 e. The van der Waals surface area contributed by atoms with Crippen LogP contribution in [0.2, 0.25) is 0 Å². The van der Waals surface area contributed by atoms with Gasteiger partial charge >= 0.3 is 0 Å². The first kappa shape index (κ1) is 16.1. The van der Waals surface area contributed by atoms with Crippen LogP contribution in [0.15, 0.2) is 56.0 Å². The van der Waals surface area contributed by atoms with E-state index in [4.69, 9.17) is 0 Å². The molecular weight excluding hydrogens is 342 g/mol. The summed E-state index contributed by atoms with van der Waals surface area (Å²) >= 11 is 1.07. The smallest absolute Gasteiger partial charge is 0.206 e. The number of hydrogen-bond acceptors (Lipinski definition) is 5. The van der Waals surface area contributed by atoms with Crippen molar-refractivity contribution in [3.63, 3.8) is 0 Å². The van der Waals surface area contributed by atoms with Crippen molar-refractivity contribution in [1.29, 1.82) is 0 Å². The maximum absolute atomic E-state index is 13.4. The molecule has 0 aliphatic rings. The molecule has 2 aromatic carbocycles. The van der Waals surface area contributed by atoms with Crippen LogP contribution in [0.4, 0.5) is 8.78 Å². The molecule has 0 fully saturated rings. The summed E-state index contributed by atoms with van der Waals surface area (Å²) in [5.41, 5.74) is 0. The second-order valence-corrected chi connectivity index (χ2v) is 7.28. The van der Waals surface area contributed by atoms with Gasteiger partial charge in [-0.05, 0) is 47.5 Å². The fourth-order valence-electron chi connectivity index (χ4n) is 1.56. The predicted molar refractivity (Wildman–Crippen MR) is 72.7 cm³/mol. The molecular formula is C12H7F2O4S3-. The summed E-state index contributed by atoms with van der Waals surface area (Å²) in [5, 5.41) is 0. The molecule has 112 valence electrons. The molecule has 1 atom stereocenters. The topological polar surface area (TPSA) is 74.3 Å². The van der Waals surface area contributed by atoms with Crippen LogP contribution in [0.3, 0.4) is 0 Å². The minimum Gasteiger partial charge on any atom is -0.768 e. The van der Waals surface area contributed by atoms with Crippen LogP contribution in [0, 0.1) is 11.6 Å². The van der Waals surface area contributed by atoms with Gasteiger partial charge in [0.15, 0.2) is 0 Å². The molecule has 9 heteroatoms. The lowest BCUT2D eigenvalue weighted by Gasteiger charge is -2.09. The Kier molecular flexibility index (Phi) is 4.47. The maximum Gasteiger partial charge on any atom is 0.206 e. The molecule has 0 bridgehead atoms. The van der Waals surface area contributed by atoms with Crippen molar-refractivity contribution in [1.82, 2.24) is 0 Å². The number of rotatable bonds is 3. The quantitative estimate of drug-likeness (QED) is 0.682. The molecule has 0 saturated carbocycles. The Morgan fingerprint density at radius 1 is 1.00 bits per heavy atom. The van der Waals surface area contributed by atoms with Crippen LogP contribution in [-0.4, -0.2) is 17.2 Å². The summed E-state index contributed by atoms with van der Waals surface area (Å²) in [7, 11) is -4.16. The zero-order chi connectivity index (χ0) is 15.8. The monoisotopic (exact) mass is 349 g/mol. The van der Waals surface area contributed by atoms with Gasteiger partial charge in [0, 0.05) is 4.90 Å². The van der Waals surface area contributed by atoms with Gasteiger partial charge in [0.25, 0.3) is 0 Å². The minimum atomic E-state index is -4.16. The average molecular weight is 349 g/mol. The SMILES string of the molecule is O=S([O-])c1ccc(S(=O)(=O)c2cc(F)c(S)c(F)c2)cc1. The van der Waals surface area contributed by atoms with Crippen molar-refractivity contribution < 1.29 is 26.0 Å². The number of halogens is 2. The van der Waals surface area contributed by atoms with Crippen LogP contribution in [0.1, 0.15) is 0 Å². The molecule has 0 N–H and O–H groups in total. The van der Waals surface area contributed by atoms with E-state index < -0.39 is 42.3 Å². The lowest BCUT2D eigenvalue weighted by atomic mass is 10.3. The Morgan fingerprint density at radius 3 is 1.90 bits per heavy atom. The van der Waals surface area contributed by atoms with E-state index in [1.807, 2.05) is 0 Å². The van der Waals surface area contributed by atoms with Gasteiger partial charge in [-0.25, -0.2) is 17.2 Å². The van der Waals surface area contributed by atoms with E-state index >= 15 is 0 Å². The molecule has 0 aliphatic carbocycles. The first-order valence-corrected chi connectivity index (χ1v) is 8.36. The van der Waals surface area contributed by atoms with E-state index in [2.05, 4.69) is 12.6 Å². The standard InChI is InChI=1S/C12H8F2O4S3/c13-10-5-9(6-11(14)12(10)19)21(17,18)8-3-1-7(2-4-8)20(15)16/h1-6,19H,(H,15,16)/p-1. The first-order chi connectivity index (χ1) is 9.73. The van der Waals surface area contributed by atoms with Crippen molar-refractivity contribution in [3.8, 4) is 0 Å². The Balaban J connectivity index is 2.54. The van der Waals surface area contributed by atoms with Crippen LogP contribution in [-0.2, 0) is 20.9 Å². The third kappa shape index (κ3) is 3.15. The highest BCUT2D eigenvalue weighted by atomic mass is 32.2. The molecule has 2 rings (SSSR count). The van der Waals surface area contributed by atoms with Crippen molar-refractivity contribution >= 4 is 33.5 Å². The molecule has 0 radical (unpaired) electrons. The van der Waals surface area contributed by atoms with Crippen molar-refractivity contribution in [3.05, 3.63) is 48.0 Å². The van der Waals surface area contributed by atoms with Gasteiger partial charge in [-0.15, -0.1) is 12.6 Å². The summed E-state index contributed by atoms with van der Waals surface area (Å²) in [5.74, 6) is -2.21. The lowest BCUT2D eigenvalue weighted by Crippen LogP contribution is -2.04. The summed E-state index contributed by atoms with van der Waals surface area (Å²) in [4.78, 5) is -1.53. The molecule has 2 aromatic rings. The van der Waals surface area contributed by atoms with Gasteiger partial charge < -0.3 is 4.55 Å². The number of sulfone groups is 1. The zero-order valence-electron chi connectivity index (χ0n) is 10.1. The van der Waals surface area contributed by atoms with E-state index in [1.54, 1.807) is 0 Å². The summed E-state index contributed by atoms with van der Waals surface area (Å²) in [6.45, 7) is 0. The van der Waals surface area contributed by atoms with E-state index in [0.29, 0.717) is 12.1 Å². The molecule has 1 unspecified atom stereocenters. The highest BCUT2D eigenvalue weighted by Gasteiger charge is 2.21. The molecule has 0 aromatic heterocycles. The molecule has 4 nitrogen and oxygen atoms in total. The van der Waals surface area contributed by atoms with Crippen LogP contribution in [0.25, 0.3) is 0 Å². The molecule has 0 heterocycles. The van der Waals surface area contributed by atoms with Crippen LogP contribution in [0.5, 0.6) is 0 Å². The third-order valence-corrected chi connectivity index (χ3v) is 5.46. The highest BCUT2D eigenvalue weighted by Crippen LogP contribution is 2.26. The molecule has 0 saturated heterocycles. The number of hydrogen-bond donors (Lipinski definition) is 1. The number of thiol groups is 1. The molecule has 0 amide bonds. The Morgan fingerprint density at radius 2 is 1.48 bits per heavy atom. The van der Waals surface area contributed by atoms with Crippen LogP contribution >= 0.6 is 12.6 Å². The van der Waals surface area contributed by atoms with E-state index in [-0.39, 0.29) is 9.79 Å². The summed E-state index contributed by atoms with van der Waals surface area (Å²) in [6, 6.07) is 5.56. The highest BCUT2D eigenvalue weighted by molar-refractivity contribution is 7.91. The van der Waals surface area contributed by atoms with E-state index in [0.717, 1.165) is 24.3 Å². The third-order valence-electron chi connectivity index (χ3n) is 2.63. The minimum absolute atomic E-state index is 0.1000. The summed E-state index contributed by atoms with van der Waals surface area (Å²) in [6.07, 6.45) is 0. The Hall–Kier alpha value is -1.29.